The Morgan fingerprint density at radius 1 is 1.42 bits per heavy atom. The number of carbonyl (C=O) groups excluding carboxylic acids is 1. The summed E-state index contributed by atoms with van der Waals surface area (Å²) in [6, 6.07) is 6.16. The largest absolute Gasteiger partial charge is 0.324 e. The highest BCUT2D eigenvalue weighted by atomic mass is 16.2. The van der Waals surface area contributed by atoms with Crippen molar-refractivity contribution < 1.29 is 4.79 Å². The van der Waals surface area contributed by atoms with Crippen LogP contribution < -0.4 is 10.6 Å². The number of carbonyl (C=O) groups is 1. The predicted molar refractivity (Wildman–Crippen MR) is 79.4 cm³/mol. The summed E-state index contributed by atoms with van der Waals surface area (Å²) in [6.07, 6.45) is 3.84. The van der Waals surface area contributed by atoms with Gasteiger partial charge in [0.25, 0.3) is 0 Å². The van der Waals surface area contributed by atoms with Gasteiger partial charge in [-0.2, -0.15) is 0 Å². The van der Waals surface area contributed by atoms with Crippen molar-refractivity contribution in [1.29, 1.82) is 0 Å². The van der Waals surface area contributed by atoms with Crippen molar-refractivity contribution >= 4 is 11.6 Å². The maximum Gasteiger partial charge on any atom is 0.244 e. The molecule has 104 valence electrons. The second kappa shape index (κ2) is 5.74. The molecule has 0 saturated carbocycles. The van der Waals surface area contributed by atoms with Gasteiger partial charge in [0.2, 0.25) is 5.91 Å². The monoisotopic (exact) mass is 260 g/mol. The second-order valence-corrected chi connectivity index (χ2v) is 5.41. The lowest BCUT2D eigenvalue weighted by molar-refractivity contribution is -0.122. The molecule has 0 bridgehead atoms. The van der Waals surface area contributed by atoms with Crippen molar-refractivity contribution in [3.05, 3.63) is 29.3 Å². The highest BCUT2D eigenvalue weighted by Crippen LogP contribution is 2.25. The normalized spacial score (nSPS) is 22.5. The van der Waals surface area contributed by atoms with Crippen LogP contribution in [0.15, 0.2) is 18.2 Å². The van der Waals surface area contributed by atoms with Gasteiger partial charge in [-0.05, 0) is 62.4 Å². The number of hydrogen-bond acceptors (Lipinski definition) is 2. The minimum absolute atomic E-state index is 0.110. The smallest absolute Gasteiger partial charge is 0.244 e. The first kappa shape index (κ1) is 14.1. The summed E-state index contributed by atoms with van der Waals surface area (Å²) >= 11 is 0. The average molecular weight is 260 g/mol. The van der Waals surface area contributed by atoms with Gasteiger partial charge in [0.1, 0.15) is 0 Å². The van der Waals surface area contributed by atoms with E-state index in [1.54, 1.807) is 0 Å². The third kappa shape index (κ3) is 2.81. The Hall–Kier alpha value is -1.35. The summed E-state index contributed by atoms with van der Waals surface area (Å²) in [4.78, 5) is 12.5. The number of nitrogens with one attached hydrogen (secondary N) is 2. The summed E-state index contributed by atoms with van der Waals surface area (Å²) in [5.74, 6) is 0.110. The van der Waals surface area contributed by atoms with E-state index in [1.807, 2.05) is 6.07 Å². The molecule has 1 fully saturated rings. The Morgan fingerprint density at radius 2 is 2.21 bits per heavy atom. The fourth-order valence-electron chi connectivity index (χ4n) is 2.84. The molecule has 1 amide bonds. The van der Waals surface area contributed by atoms with E-state index in [4.69, 9.17) is 0 Å². The molecule has 1 atom stereocenters. The van der Waals surface area contributed by atoms with Gasteiger partial charge >= 0.3 is 0 Å². The summed E-state index contributed by atoms with van der Waals surface area (Å²) < 4.78 is 0. The van der Waals surface area contributed by atoms with Crippen molar-refractivity contribution in [3.63, 3.8) is 0 Å². The number of aryl methyl sites for hydroxylation is 2. The molecule has 2 rings (SSSR count). The first-order chi connectivity index (χ1) is 9.11. The molecule has 0 aromatic heterocycles. The molecule has 1 heterocycles. The molecule has 19 heavy (non-hydrogen) atoms. The van der Waals surface area contributed by atoms with Gasteiger partial charge in [-0.3, -0.25) is 4.79 Å². The van der Waals surface area contributed by atoms with E-state index in [9.17, 15) is 4.79 Å². The van der Waals surface area contributed by atoms with E-state index in [2.05, 4.69) is 43.5 Å². The van der Waals surface area contributed by atoms with E-state index in [0.717, 1.165) is 37.9 Å². The van der Waals surface area contributed by atoms with Crippen molar-refractivity contribution in [2.45, 2.75) is 52.0 Å². The Morgan fingerprint density at radius 3 is 2.79 bits per heavy atom. The molecular weight excluding hydrogens is 236 g/mol. The van der Waals surface area contributed by atoms with Crippen LogP contribution in [0.2, 0.25) is 0 Å². The Bertz CT molecular complexity index is 462. The van der Waals surface area contributed by atoms with Crippen LogP contribution in [0.1, 0.15) is 44.2 Å². The summed E-state index contributed by atoms with van der Waals surface area (Å²) in [6.45, 7) is 7.26. The Balaban J connectivity index is 2.14. The number of benzene rings is 1. The fraction of sp³-hybridized carbons (Fsp3) is 0.562. The van der Waals surface area contributed by atoms with Gasteiger partial charge in [-0.25, -0.2) is 0 Å². The molecule has 0 spiro atoms. The lowest BCUT2D eigenvalue weighted by atomic mass is 9.93. The molecule has 3 heteroatoms. The molecule has 2 N–H and O–H groups in total. The summed E-state index contributed by atoms with van der Waals surface area (Å²) in [5, 5.41) is 6.44. The van der Waals surface area contributed by atoms with Gasteiger partial charge in [0, 0.05) is 5.69 Å². The van der Waals surface area contributed by atoms with Crippen LogP contribution in [-0.4, -0.2) is 18.0 Å². The zero-order valence-electron chi connectivity index (χ0n) is 12.2. The standard InChI is InChI=1S/C16H24N2O/c1-4-13-11-14(8-7-12(13)3)18-15(19)16(5-2)9-6-10-17-16/h7-8,11,17H,4-6,9-10H2,1-3H3,(H,18,19). The number of anilines is 1. The fourth-order valence-corrected chi connectivity index (χ4v) is 2.84. The van der Waals surface area contributed by atoms with Gasteiger partial charge in [0.05, 0.1) is 5.54 Å². The molecule has 3 nitrogen and oxygen atoms in total. The van der Waals surface area contributed by atoms with Gasteiger partial charge < -0.3 is 10.6 Å². The van der Waals surface area contributed by atoms with Crippen molar-refractivity contribution in [1.82, 2.24) is 5.32 Å². The van der Waals surface area contributed by atoms with Crippen molar-refractivity contribution in [2.24, 2.45) is 0 Å². The van der Waals surface area contributed by atoms with Crippen LogP contribution in [0.3, 0.4) is 0 Å². The van der Waals surface area contributed by atoms with E-state index >= 15 is 0 Å². The highest BCUT2D eigenvalue weighted by molar-refractivity contribution is 5.98. The van der Waals surface area contributed by atoms with Crippen LogP contribution in [0.25, 0.3) is 0 Å². The van der Waals surface area contributed by atoms with E-state index < -0.39 is 0 Å². The van der Waals surface area contributed by atoms with Crippen LogP contribution >= 0.6 is 0 Å². The number of rotatable bonds is 4. The molecule has 1 unspecified atom stereocenters. The third-order valence-corrected chi connectivity index (χ3v) is 4.27. The van der Waals surface area contributed by atoms with Gasteiger partial charge in [-0.1, -0.05) is 19.9 Å². The Kier molecular flexibility index (Phi) is 4.25. The zero-order chi connectivity index (χ0) is 13.9. The van der Waals surface area contributed by atoms with Crippen LogP contribution in [0.5, 0.6) is 0 Å². The van der Waals surface area contributed by atoms with Crippen LogP contribution in [0, 0.1) is 6.92 Å². The van der Waals surface area contributed by atoms with E-state index in [1.165, 1.54) is 11.1 Å². The second-order valence-electron chi connectivity index (χ2n) is 5.41. The maximum absolute atomic E-state index is 12.5. The quantitative estimate of drug-likeness (QED) is 0.873. The summed E-state index contributed by atoms with van der Waals surface area (Å²) in [7, 11) is 0. The Labute approximate surface area is 115 Å². The summed E-state index contributed by atoms with van der Waals surface area (Å²) in [5.41, 5.74) is 3.12. The molecule has 1 aromatic rings. The SMILES string of the molecule is CCc1cc(NC(=O)C2(CC)CCCN2)ccc1C. The number of amides is 1. The average Bonchev–Trinajstić information content (AvgIpc) is 2.91. The van der Waals surface area contributed by atoms with Crippen molar-refractivity contribution in [3.8, 4) is 0 Å². The topological polar surface area (TPSA) is 41.1 Å². The molecule has 1 saturated heterocycles. The molecule has 1 aromatic carbocycles. The van der Waals surface area contributed by atoms with Crippen molar-refractivity contribution in [2.75, 3.05) is 11.9 Å². The molecule has 0 radical (unpaired) electrons. The van der Waals surface area contributed by atoms with Gasteiger partial charge in [-0.15, -0.1) is 0 Å². The van der Waals surface area contributed by atoms with Crippen LogP contribution in [0.4, 0.5) is 5.69 Å². The molecular formula is C16H24N2O. The van der Waals surface area contributed by atoms with E-state index in [0.29, 0.717) is 0 Å². The van der Waals surface area contributed by atoms with Gasteiger partial charge in [0.15, 0.2) is 0 Å². The maximum atomic E-state index is 12.5. The first-order valence-electron chi connectivity index (χ1n) is 7.27. The predicted octanol–water partition coefficient (Wildman–Crippen LogP) is 3.03. The zero-order valence-corrected chi connectivity index (χ0v) is 12.2. The molecule has 1 aliphatic heterocycles. The molecule has 0 aliphatic carbocycles. The minimum Gasteiger partial charge on any atom is -0.324 e. The number of hydrogen-bond donors (Lipinski definition) is 2. The highest BCUT2D eigenvalue weighted by Gasteiger charge is 2.38. The molecule has 1 aliphatic rings. The lowest BCUT2D eigenvalue weighted by Gasteiger charge is -2.26. The minimum atomic E-state index is -0.364. The van der Waals surface area contributed by atoms with E-state index in [-0.39, 0.29) is 11.4 Å². The first-order valence-corrected chi connectivity index (χ1v) is 7.27. The lowest BCUT2D eigenvalue weighted by Crippen LogP contribution is -2.50. The van der Waals surface area contributed by atoms with Crippen LogP contribution in [-0.2, 0) is 11.2 Å². The third-order valence-electron chi connectivity index (χ3n) is 4.27.